The van der Waals surface area contributed by atoms with Gasteiger partial charge in [0.25, 0.3) is 0 Å². The molecular weight excluding hydrogens is 316 g/mol. The predicted molar refractivity (Wildman–Crippen MR) is 99.3 cm³/mol. The molecule has 0 aliphatic heterocycles. The zero-order valence-corrected chi connectivity index (χ0v) is 14.2. The van der Waals surface area contributed by atoms with Crippen molar-refractivity contribution in [2.24, 2.45) is 0 Å². The van der Waals surface area contributed by atoms with Gasteiger partial charge >= 0.3 is 0 Å². The minimum Gasteiger partial charge on any atom is -0.353 e. The van der Waals surface area contributed by atoms with Gasteiger partial charge in [-0.15, -0.1) is 0 Å². The third-order valence-electron chi connectivity index (χ3n) is 4.31. The van der Waals surface area contributed by atoms with E-state index in [0.29, 0.717) is 0 Å². The summed E-state index contributed by atoms with van der Waals surface area (Å²) in [4.78, 5) is 0. The summed E-state index contributed by atoms with van der Waals surface area (Å²) in [6.07, 6.45) is 3.05. The molecular formula is C22H21F2N. The lowest BCUT2D eigenvalue weighted by atomic mass is 10.00. The van der Waals surface area contributed by atoms with Gasteiger partial charge in [0.05, 0.1) is 5.69 Å². The Hall–Kier alpha value is -2.68. The zero-order chi connectivity index (χ0) is 17.6. The fraction of sp³-hybridized carbons (Fsp3) is 0.182. The number of anilines is 2. The Morgan fingerprint density at radius 2 is 1.64 bits per heavy atom. The van der Waals surface area contributed by atoms with Crippen LogP contribution < -0.4 is 5.32 Å². The van der Waals surface area contributed by atoms with Crippen molar-refractivity contribution in [2.45, 2.75) is 26.2 Å². The van der Waals surface area contributed by atoms with Crippen LogP contribution in [0.5, 0.6) is 0 Å². The Balaban J connectivity index is 1.67. The first-order valence-electron chi connectivity index (χ1n) is 8.47. The molecule has 0 saturated carbocycles. The number of benzene rings is 3. The first-order valence-corrected chi connectivity index (χ1v) is 8.47. The highest BCUT2D eigenvalue weighted by atomic mass is 19.1. The quantitative estimate of drug-likeness (QED) is 0.565. The van der Waals surface area contributed by atoms with Crippen molar-refractivity contribution < 1.29 is 8.78 Å². The standard InChI is InChI=1S/C22H21F2N/c1-16-10-12-20(25-22-13-11-19(23)15-21(22)24)14-18(16)9-5-8-17-6-3-2-4-7-17/h2-4,6-7,10-15,25H,5,8-9H2,1H3. The molecule has 0 radical (unpaired) electrons. The lowest BCUT2D eigenvalue weighted by Gasteiger charge is -2.12. The Morgan fingerprint density at radius 1 is 0.840 bits per heavy atom. The van der Waals surface area contributed by atoms with Crippen LogP contribution in [0.25, 0.3) is 0 Å². The van der Waals surface area contributed by atoms with Gasteiger partial charge in [-0.2, -0.15) is 0 Å². The average molecular weight is 337 g/mol. The second-order valence-electron chi connectivity index (χ2n) is 6.23. The first kappa shape index (κ1) is 17.2. The van der Waals surface area contributed by atoms with E-state index in [4.69, 9.17) is 0 Å². The molecule has 0 aliphatic carbocycles. The molecule has 0 fully saturated rings. The molecule has 25 heavy (non-hydrogen) atoms. The smallest absolute Gasteiger partial charge is 0.149 e. The number of halogens is 2. The molecule has 0 aromatic heterocycles. The zero-order valence-electron chi connectivity index (χ0n) is 14.2. The molecule has 0 spiro atoms. The molecule has 0 atom stereocenters. The third kappa shape index (κ3) is 4.66. The summed E-state index contributed by atoms with van der Waals surface area (Å²) in [6.45, 7) is 2.08. The van der Waals surface area contributed by atoms with E-state index < -0.39 is 11.6 Å². The Bertz CT molecular complexity index is 844. The van der Waals surface area contributed by atoms with E-state index in [9.17, 15) is 8.78 Å². The second-order valence-corrected chi connectivity index (χ2v) is 6.23. The van der Waals surface area contributed by atoms with Crippen molar-refractivity contribution in [3.05, 3.63) is 95.1 Å². The van der Waals surface area contributed by atoms with Gasteiger partial charge in [-0.3, -0.25) is 0 Å². The molecule has 0 bridgehead atoms. The summed E-state index contributed by atoms with van der Waals surface area (Å²) in [7, 11) is 0. The van der Waals surface area contributed by atoms with Crippen LogP contribution in [0.2, 0.25) is 0 Å². The summed E-state index contributed by atoms with van der Waals surface area (Å²) in [5, 5.41) is 3.03. The van der Waals surface area contributed by atoms with Crippen LogP contribution in [-0.2, 0) is 12.8 Å². The summed E-state index contributed by atoms with van der Waals surface area (Å²) in [5.41, 5.74) is 4.88. The summed E-state index contributed by atoms with van der Waals surface area (Å²) >= 11 is 0. The van der Waals surface area contributed by atoms with Gasteiger partial charge in [0.2, 0.25) is 0 Å². The lowest BCUT2D eigenvalue weighted by molar-refractivity contribution is 0.586. The van der Waals surface area contributed by atoms with Crippen LogP contribution in [-0.4, -0.2) is 0 Å². The number of aryl methyl sites for hydroxylation is 3. The summed E-state index contributed by atoms with van der Waals surface area (Å²) in [6, 6.07) is 20.0. The molecule has 0 heterocycles. The van der Waals surface area contributed by atoms with Crippen molar-refractivity contribution in [2.75, 3.05) is 5.32 Å². The Labute approximate surface area is 147 Å². The Kier molecular flexibility index (Phi) is 5.44. The van der Waals surface area contributed by atoms with Crippen LogP contribution >= 0.6 is 0 Å². The van der Waals surface area contributed by atoms with Crippen LogP contribution in [0, 0.1) is 18.6 Å². The largest absolute Gasteiger partial charge is 0.353 e. The number of nitrogens with one attached hydrogen (secondary N) is 1. The maximum Gasteiger partial charge on any atom is 0.149 e. The van der Waals surface area contributed by atoms with E-state index in [0.717, 1.165) is 31.0 Å². The molecule has 3 rings (SSSR count). The van der Waals surface area contributed by atoms with Crippen LogP contribution in [0.3, 0.4) is 0 Å². The normalized spacial score (nSPS) is 10.7. The van der Waals surface area contributed by atoms with Gasteiger partial charge in [-0.25, -0.2) is 8.78 Å². The van der Waals surface area contributed by atoms with E-state index in [2.05, 4.69) is 36.5 Å². The molecule has 3 aromatic carbocycles. The molecule has 3 heteroatoms. The van der Waals surface area contributed by atoms with E-state index in [1.54, 1.807) is 0 Å². The monoisotopic (exact) mass is 337 g/mol. The van der Waals surface area contributed by atoms with Gasteiger partial charge in [-0.1, -0.05) is 36.4 Å². The lowest BCUT2D eigenvalue weighted by Crippen LogP contribution is -1.98. The number of hydrogen-bond donors (Lipinski definition) is 1. The highest BCUT2D eigenvalue weighted by molar-refractivity contribution is 5.61. The fourth-order valence-electron chi connectivity index (χ4n) is 2.89. The van der Waals surface area contributed by atoms with E-state index in [1.807, 2.05) is 24.3 Å². The maximum atomic E-state index is 13.8. The van der Waals surface area contributed by atoms with E-state index in [-0.39, 0.29) is 5.69 Å². The molecule has 0 saturated heterocycles. The molecule has 1 N–H and O–H groups in total. The molecule has 0 aliphatic rings. The van der Waals surface area contributed by atoms with Gasteiger partial charge in [0.15, 0.2) is 0 Å². The summed E-state index contributed by atoms with van der Waals surface area (Å²) < 4.78 is 26.8. The minimum atomic E-state index is -0.591. The molecule has 1 nitrogen and oxygen atoms in total. The molecule has 128 valence electrons. The van der Waals surface area contributed by atoms with Gasteiger partial charge in [0, 0.05) is 11.8 Å². The van der Waals surface area contributed by atoms with Crippen LogP contribution in [0.15, 0.2) is 66.7 Å². The van der Waals surface area contributed by atoms with Crippen molar-refractivity contribution in [3.63, 3.8) is 0 Å². The second kappa shape index (κ2) is 7.93. The maximum absolute atomic E-state index is 13.8. The number of hydrogen-bond acceptors (Lipinski definition) is 1. The molecule has 3 aromatic rings. The van der Waals surface area contributed by atoms with Crippen LogP contribution in [0.1, 0.15) is 23.1 Å². The third-order valence-corrected chi connectivity index (χ3v) is 4.31. The van der Waals surface area contributed by atoms with Crippen molar-refractivity contribution in [3.8, 4) is 0 Å². The predicted octanol–water partition coefficient (Wildman–Crippen LogP) is 6.19. The van der Waals surface area contributed by atoms with Crippen molar-refractivity contribution in [1.29, 1.82) is 0 Å². The van der Waals surface area contributed by atoms with E-state index in [1.165, 1.54) is 28.8 Å². The SMILES string of the molecule is Cc1ccc(Nc2ccc(F)cc2F)cc1CCCc1ccccc1. The number of rotatable bonds is 6. The summed E-state index contributed by atoms with van der Waals surface area (Å²) in [5.74, 6) is -1.17. The fourth-order valence-corrected chi connectivity index (χ4v) is 2.89. The van der Waals surface area contributed by atoms with Crippen LogP contribution in [0.4, 0.5) is 20.2 Å². The average Bonchev–Trinajstić information content (AvgIpc) is 2.61. The Morgan fingerprint density at radius 3 is 2.40 bits per heavy atom. The topological polar surface area (TPSA) is 12.0 Å². The minimum absolute atomic E-state index is 0.278. The first-order chi connectivity index (χ1) is 12.1. The molecule has 0 amide bonds. The highest BCUT2D eigenvalue weighted by Crippen LogP contribution is 2.23. The van der Waals surface area contributed by atoms with Gasteiger partial charge in [-0.05, 0) is 67.1 Å². The molecule has 0 unspecified atom stereocenters. The van der Waals surface area contributed by atoms with Gasteiger partial charge < -0.3 is 5.32 Å². The van der Waals surface area contributed by atoms with Gasteiger partial charge in [0.1, 0.15) is 11.6 Å². The van der Waals surface area contributed by atoms with E-state index >= 15 is 0 Å². The highest BCUT2D eigenvalue weighted by Gasteiger charge is 2.06. The van der Waals surface area contributed by atoms with Crippen molar-refractivity contribution >= 4 is 11.4 Å². The van der Waals surface area contributed by atoms with Crippen molar-refractivity contribution in [1.82, 2.24) is 0 Å².